The number of rotatable bonds is 7. The number of piperidine rings is 1. The number of amides is 3. The van der Waals surface area contributed by atoms with Gasteiger partial charge in [0.15, 0.2) is 11.5 Å². The van der Waals surface area contributed by atoms with Crippen LogP contribution in [0.1, 0.15) is 35.5 Å². The standard InChI is InChI=1S/C22H23F3N8O3/c1-9-3-12(18(26)20(27)35)19(10(2)30-9)29-8-17(34)33-13-4-11(13)5-14(33)21(36)32-16-7-28-6-15(31-16)22(23,24)25/h3,6-7,11,13-14,26,29H,4-5,8H2,1-2H3,(H2,27,35)(H,31,32,36). The van der Waals surface area contributed by atoms with Gasteiger partial charge in [-0.2, -0.15) is 13.2 Å². The van der Waals surface area contributed by atoms with E-state index in [-0.39, 0.29) is 29.9 Å². The minimum Gasteiger partial charge on any atom is -0.374 e. The summed E-state index contributed by atoms with van der Waals surface area (Å²) in [5.41, 5.74) is 5.07. The number of aryl methyl sites for hydroxylation is 2. The van der Waals surface area contributed by atoms with Crippen molar-refractivity contribution in [2.75, 3.05) is 17.2 Å². The molecule has 3 unspecified atom stereocenters. The Morgan fingerprint density at radius 1 is 1.19 bits per heavy atom. The first-order valence-electron chi connectivity index (χ1n) is 11.0. The lowest BCUT2D eigenvalue weighted by Gasteiger charge is -2.27. The number of anilines is 2. The van der Waals surface area contributed by atoms with Crippen molar-refractivity contribution in [2.24, 2.45) is 11.7 Å². The van der Waals surface area contributed by atoms with E-state index >= 15 is 0 Å². The minimum absolute atomic E-state index is 0.124. The van der Waals surface area contributed by atoms with Gasteiger partial charge in [-0.3, -0.25) is 29.8 Å². The Morgan fingerprint density at radius 2 is 1.92 bits per heavy atom. The molecule has 36 heavy (non-hydrogen) atoms. The van der Waals surface area contributed by atoms with Crippen molar-refractivity contribution in [1.29, 1.82) is 5.41 Å². The number of fused-ring (bicyclic) bond motifs is 1. The number of nitrogens with two attached hydrogens (primary N) is 1. The Labute approximate surface area is 203 Å². The lowest BCUT2D eigenvalue weighted by atomic mass is 10.1. The predicted molar refractivity (Wildman–Crippen MR) is 121 cm³/mol. The highest BCUT2D eigenvalue weighted by atomic mass is 19.4. The zero-order valence-electron chi connectivity index (χ0n) is 19.3. The SMILES string of the molecule is Cc1cc(C(=N)C(N)=O)c(NCC(=O)N2C(C(=O)Nc3cncc(C(F)(F)F)n3)CC3CC32)c(C)n1. The Kier molecular flexibility index (Phi) is 6.37. The van der Waals surface area contributed by atoms with Gasteiger partial charge in [0.05, 0.1) is 30.3 Å². The number of hydrogen-bond acceptors (Lipinski definition) is 8. The van der Waals surface area contributed by atoms with Gasteiger partial charge in [-0.15, -0.1) is 0 Å². The average molecular weight is 504 g/mol. The third-order valence-corrected chi connectivity index (χ3v) is 6.13. The van der Waals surface area contributed by atoms with E-state index < -0.39 is 41.3 Å². The van der Waals surface area contributed by atoms with E-state index in [9.17, 15) is 27.6 Å². The highest BCUT2D eigenvalue weighted by Crippen LogP contribution is 2.48. The van der Waals surface area contributed by atoms with E-state index in [4.69, 9.17) is 11.1 Å². The molecule has 2 aromatic heterocycles. The molecule has 1 saturated carbocycles. The molecular formula is C22H23F3N8O3. The van der Waals surface area contributed by atoms with Crippen LogP contribution in [0.15, 0.2) is 18.5 Å². The van der Waals surface area contributed by atoms with Crippen LogP contribution in [0.5, 0.6) is 0 Å². The number of likely N-dealkylation sites (tertiary alicyclic amines) is 1. The maximum atomic E-state index is 13.1. The molecule has 11 nitrogen and oxygen atoms in total. The third kappa shape index (κ3) is 4.97. The van der Waals surface area contributed by atoms with Gasteiger partial charge >= 0.3 is 6.18 Å². The average Bonchev–Trinajstić information content (AvgIpc) is 3.45. The summed E-state index contributed by atoms with van der Waals surface area (Å²) in [5, 5.41) is 13.2. The van der Waals surface area contributed by atoms with Gasteiger partial charge in [0.25, 0.3) is 5.91 Å². The topological polar surface area (TPSA) is 167 Å². The van der Waals surface area contributed by atoms with Crippen molar-refractivity contribution in [3.8, 4) is 0 Å². The molecule has 2 fully saturated rings. The summed E-state index contributed by atoms with van der Waals surface area (Å²) >= 11 is 0. The summed E-state index contributed by atoms with van der Waals surface area (Å²) in [5.74, 6) is -2.26. The van der Waals surface area contributed by atoms with Gasteiger partial charge in [0, 0.05) is 17.3 Å². The van der Waals surface area contributed by atoms with Crippen LogP contribution in [0.2, 0.25) is 0 Å². The molecule has 0 aromatic carbocycles. The van der Waals surface area contributed by atoms with Crippen LogP contribution in [0.4, 0.5) is 24.7 Å². The molecule has 1 aliphatic heterocycles. The van der Waals surface area contributed by atoms with Gasteiger partial charge in [0.2, 0.25) is 11.8 Å². The summed E-state index contributed by atoms with van der Waals surface area (Å²) in [4.78, 5) is 50.2. The summed E-state index contributed by atoms with van der Waals surface area (Å²) in [7, 11) is 0. The number of carbonyl (C=O) groups is 3. The molecule has 4 rings (SSSR count). The molecule has 5 N–H and O–H groups in total. The highest BCUT2D eigenvalue weighted by Gasteiger charge is 2.56. The highest BCUT2D eigenvalue weighted by molar-refractivity contribution is 6.44. The van der Waals surface area contributed by atoms with E-state index in [2.05, 4.69) is 25.6 Å². The molecular weight excluding hydrogens is 481 g/mol. The second kappa shape index (κ2) is 9.17. The molecule has 3 heterocycles. The molecule has 3 atom stereocenters. The van der Waals surface area contributed by atoms with Crippen molar-refractivity contribution >= 4 is 34.9 Å². The van der Waals surface area contributed by atoms with Gasteiger partial charge in [-0.25, -0.2) is 4.98 Å². The predicted octanol–water partition coefficient (Wildman–Crippen LogP) is 1.40. The Balaban J connectivity index is 1.48. The molecule has 2 aromatic rings. The van der Waals surface area contributed by atoms with Crippen LogP contribution in [-0.4, -0.2) is 61.9 Å². The van der Waals surface area contributed by atoms with Gasteiger partial charge in [-0.05, 0) is 38.7 Å². The maximum Gasteiger partial charge on any atom is 0.434 e. The molecule has 14 heteroatoms. The summed E-state index contributed by atoms with van der Waals surface area (Å²) in [6, 6.07) is 0.467. The van der Waals surface area contributed by atoms with Crippen molar-refractivity contribution < 1.29 is 27.6 Å². The monoisotopic (exact) mass is 504 g/mol. The normalized spacial score (nSPS) is 20.5. The molecule has 0 bridgehead atoms. The maximum absolute atomic E-state index is 13.1. The smallest absolute Gasteiger partial charge is 0.374 e. The fourth-order valence-corrected chi connectivity index (χ4v) is 4.46. The first-order chi connectivity index (χ1) is 16.9. The van der Waals surface area contributed by atoms with Crippen LogP contribution < -0.4 is 16.4 Å². The first-order valence-corrected chi connectivity index (χ1v) is 11.0. The van der Waals surface area contributed by atoms with Gasteiger partial charge < -0.3 is 21.3 Å². The number of aromatic nitrogens is 3. The third-order valence-electron chi connectivity index (χ3n) is 6.13. The zero-order valence-corrected chi connectivity index (χ0v) is 19.3. The van der Waals surface area contributed by atoms with Crippen molar-refractivity contribution in [1.82, 2.24) is 19.9 Å². The number of alkyl halides is 3. The molecule has 3 amide bonds. The summed E-state index contributed by atoms with van der Waals surface area (Å²) in [6.45, 7) is 3.08. The largest absolute Gasteiger partial charge is 0.434 e. The molecule has 2 aliphatic rings. The lowest BCUT2D eigenvalue weighted by molar-refractivity contribution is -0.141. The minimum atomic E-state index is -4.72. The number of pyridine rings is 1. The van der Waals surface area contributed by atoms with Crippen LogP contribution in [-0.2, 0) is 20.6 Å². The number of halogens is 3. The quantitative estimate of drug-likeness (QED) is 0.414. The summed E-state index contributed by atoms with van der Waals surface area (Å²) < 4.78 is 38.7. The molecule has 0 radical (unpaired) electrons. The zero-order chi connectivity index (χ0) is 26.4. The van der Waals surface area contributed by atoms with Gasteiger partial charge in [0.1, 0.15) is 11.8 Å². The summed E-state index contributed by atoms with van der Waals surface area (Å²) in [6.07, 6.45) is -2.07. The van der Waals surface area contributed by atoms with E-state index in [1.807, 2.05) is 0 Å². The molecule has 190 valence electrons. The van der Waals surface area contributed by atoms with E-state index in [1.165, 1.54) is 11.0 Å². The van der Waals surface area contributed by atoms with Crippen molar-refractivity contribution in [3.05, 3.63) is 41.1 Å². The van der Waals surface area contributed by atoms with Crippen LogP contribution in [0, 0.1) is 25.2 Å². The van der Waals surface area contributed by atoms with Crippen LogP contribution in [0.3, 0.4) is 0 Å². The number of primary amides is 1. The van der Waals surface area contributed by atoms with Gasteiger partial charge in [-0.1, -0.05) is 0 Å². The molecule has 1 aliphatic carbocycles. The second-order valence-corrected chi connectivity index (χ2v) is 8.76. The fraction of sp³-hybridized carbons (Fsp3) is 0.409. The number of nitrogens with one attached hydrogen (secondary N) is 3. The Bertz CT molecular complexity index is 1270. The molecule has 0 spiro atoms. The van der Waals surface area contributed by atoms with Crippen molar-refractivity contribution in [2.45, 2.75) is 44.9 Å². The Hall–Kier alpha value is -4.10. The first kappa shape index (κ1) is 25.0. The van der Waals surface area contributed by atoms with E-state index in [0.29, 0.717) is 29.7 Å². The van der Waals surface area contributed by atoms with E-state index in [1.54, 1.807) is 13.8 Å². The van der Waals surface area contributed by atoms with Crippen molar-refractivity contribution in [3.63, 3.8) is 0 Å². The number of hydrogen-bond donors (Lipinski definition) is 4. The lowest BCUT2D eigenvalue weighted by Crippen LogP contribution is -2.47. The van der Waals surface area contributed by atoms with Crippen LogP contribution >= 0.6 is 0 Å². The second-order valence-electron chi connectivity index (χ2n) is 8.76. The fourth-order valence-electron chi connectivity index (χ4n) is 4.46. The number of nitrogens with zero attached hydrogens (tertiary/aromatic N) is 4. The number of carbonyl (C=O) groups excluding carboxylic acids is 3. The van der Waals surface area contributed by atoms with E-state index in [0.717, 1.165) is 12.6 Å². The Morgan fingerprint density at radius 3 is 2.58 bits per heavy atom. The van der Waals surface area contributed by atoms with Crippen LogP contribution in [0.25, 0.3) is 0 Å². The molecule has 1 saturated heterocycles.